The normalized spacial score (nSPS) is 11.9. The van der Waals surface area contributed by atoms with Gasteiger partial charge in [0.05, 0.1) is 16.1 Å². The Bertz CT molecular complexity index is 886. The van der Waals surface area contributed by atoms with Crippen LogP contribution in [0.25, 0.3) is 0 Å². The molecule has 2 rings (SSSR count). The van der Waals surface area contributed by atoms with Gasteiger partial charge in [-0.15, -0.1) is 0 Å². The van der Waals surface area contributed by atoms with E-state index in [1.54, 1.807) is 0 Å². The largest absolute Gasteiger partial charge is 0.467 e. The summed E-state index contributed by atoms with van der Waals surface area (Å²) >= 11 is 5.49. The third kappa shape index (κ3) is 6.43. The molecule has 0 aliphatic rings. The molecule has 0 aromatic heterocycles. The summed E-state index contributed by atoms with van der Waals surface area (Å²) in [4.78, 5) is 12.0. The summed E-state index contributed by atoms with van der Waals surface area (Å²) in [6, 6.07) is 4.01. The van der Waals surface area contributed by atoms with E-state index < -0.39 is 34.5 Å². The van der Waals surface area contributed by atoms with Gasteiger partial charge in [0.15, 0.2) is 6.79 Å². The highest BCUT2D eigenvalue weighted by molar-refractivity contribution is 6.31. The topological polar surface area (TPSA) is 59.6 Å². The minimum Gasteiger partial charge on any atom is -0.467 e. The molecule has 29 heavy (non-hydrogen) atoms. The van der Waals surface area contributed by atoms with Crippen molar-refractivity contribution in [3.05, 3.63) is 52.5 Å². The fourth-order valence-electron chi connectivity index (χ4n) is 2.16. The van der Waals surface area contributed by atoms with E-state index >= 15 is 0 Å². The second kappa shape index (κ2) is 8.78. The van der Waals surface area contributed by atoms with Crippen LogP contribution < -0.4 is 15.4 Å². The highest BCUT2D eigenvalue weighted by atomic mass is 35.5. The van der Waals surface area contributed by atoms with Crippen LogP contribution in [-0.2, 0) is 17.1 Å². The molecule has 12 heteroatoms. The van der Waals surface area contributed by atoms with Gasteiger partial charge in [0, 0.05) is 24.6 Å². The van der Waals surface area contributed by atoms with Gasteiger partial charge < -0.3 is 20.1 Å². The molecule has 0 aliphatic carbocycles. The summed E-state index contributed by atoms with van der Waals surface area (Å²) in [7, 11) is 1.27. The molecule has 0 saturated carbocycles. The Kier molecular flexibility index (Phi) is 6.85. The van der Waals surface area contributed by atoms with Crippen LogP contribution in [-0.4, -0.2) is 19.9 Å². The first kappa shape index (κ1) is 22.6. The molecule has 0 heterocycles. The van der Waals surface area contributed by atoms with Crippen molar-refractivity contribution in [3.8, 4) is 5.75 Å². The van der Waals surface area contributed by atoms with E-state index in [9.17, 15) is 31.1 Å². The SMILES string of the molecule is COCOc1cc(NC(=O)Nc2ccc(Cl)c(C(F)(F)F)c2)cc(C(F)(F)F)c1. The lowest BCUT2D eigenvalue weighted by molar-refractivity contribution is -0.138. The number of urea groups is 1. The van der Waals surface area contributed by atoms with Gasteiger partial charge in [0.1, 0.15) is 5.75 Å². The zero-order valence-electron chi connectivity index (χ0n) is 14.5. The van der Waals surface area contributed by atoms with E-state index in [0.29, 0.717) is 18.2 Å². The summed E-state index contributed by atoms with van der Waals surface area (Å²) in [5.74, 6) is -0.233. The van der Waals surface area contributed by atoms with Gasteiger partial charge >= 0.3 is 18.4 Å². The summed E-state index contributed by atoms with van der Waals surface area (Å²) < 4.78 is 87.2. The minimum absolute atomic E-state index is 0.233. The van der Waals surface area contributed by atoms with Crippen molar-refractivity contribution in [2.75, 3.05) is 24.5 Å². The van der Waals surface area contributed by atoms with Gasteiger partial charge in [-0.05, 0) is 30.3 Å². The fourth-order valence-corrected chi connectivity index (χ4v) is 2.38. The number of amides is 2. The van der Waals surface area contributed by atoms with E-state index in [2.05, 4.69) is 15.4 Å². The second-order valence-electron chi connectivity index (χ2n) is 5.57. The first-order valence-corrected chi connectivity index (χ1v) is 8.06. The average molecular weight is 443 g/mol. The van der Waals surface area contributed by atoms with Crippen LogP contribution in [0, 0.1) is 0 Å². The average Bonchev–Trinajstić information content (AvgIpc) is 2.59. The van der Waals surface area contributed by atoms with Gasteiger partial charge in [-0.25, -0.2) is 4.79 Å². The van der Waals surface area contributed by atoms with E-state index in [0.717, 1.165) is 18.2 Å². The second-order valence-corrected chi connectivity index (χ2v) is 5.97. The zero-order chi connectivity index (χ0) is 21.8. The van der Waals surface area contributed by atoms with Crippen molar-refractivity contribution in [2.45, 2.75) is 12.4 Å². The molecular weight excluding hydrogens is 430 g/mol. The van der Waals surface area contributed by atoms with E-state index in [1.165, 1.54) is 7.11 Å². The molecular formula is C17H13ClF6N2O3. The van der Waals surface area contributed by atoms with Crippen LogP contribution in [0.5, 0.6) is 5.75 Å². The van der Waals surface area contributed by atoms with Crippen molar-refractivity contribution < 1.29 is 40.6 Å². The Labute approximate surface area is 165 Å². The number of rotatable bonds is 5. The number of benzene rings is 2. The first-order chi connectivity index (χ1) is 13.4. The smallest absolute Gasteiger partial charge is 0.417 e. The molecule has 0 unspecified atom stereocenters. The number of methoxy groups -OCH3 is 1. The van der Waals surface area contributed by atoms with Crippen molar-refractivity contribution >= 4 is 29.0 Å². The molecule has 158 valence electrons. The zero-order valence-corrected chi connectivity index (χ0v) is 15.3. The van der Waals surface area contributed by atoms with Crippen LogP contribution in [0.4, 0.5) is 42.5 Å². The molecule has 0 radical (unpaired) electrons. The Hall–Kier alpha value is -2.66. The summed E-state index contributed by atoms with van der Waals surface area (Å²) in [6.07, 6.45) is -9.48. The molecule has 0 fully saturated rings. The Morgan fingerprint density at radius 1 is 0.966 bits per heavy atom. The number of nitrogens with one attached hydrogen (secondary N) is 2. The van der Waals surface area contributed by atoms with Crippen molar-refractivity contribution in [2.24, 2.45) is 0 Å². The lowest BCUT2D eigenvalue weighted by Gasteiger charge is -2.15. The minimum atomic E-state index is -4.75. The molecule has 2 aromatic carbocycles. The number of hydrogen-bond acceptors (Lipinski definition) is 3. The van der Waals surface area contributed by atoms with Gasteiger partial charge in [0.2, 0.25) is 0 Å². The number of hydrogen-bond donors (Lipinski definition) is 2. The first-order valence-electron chi connectivity index (χ1n) is 7.69. The molecule has 2 aromatic rings. The van der Waals surface area contributed by atoms with Crippen LogP contribution in [0.2, 0.25) is 5.02 Å². The lowest BCUT2D eigenvalue weighted by atomic mass is 10.1. The summed E-state index contributed by atoms with van der Waals surface area (Å²) in [5.41, 5.74) is -2.84. The van der Waals surface area contributed by atoms with Crippen LogP contribution in [0.15, 0.2) is 36.4 Å². The van der Waals surface area contributed by atoms with Crippen molar-refractivity contribution in [1.82, 2.24) is 0 Å². The number of halogens is 7. The number of carbonyl (C=O) groups excluding carboxylic acids is 1. The van der Waals surface area contributed by atoms with Gasteiger partial charge in [0.25, 0.3) is 0 Å². The van der Waals surface area contributed by atoms with E-state index in [4.69, 9.17) is 16.3 Å². The highest BCUT2D eigenvalue weighted by Crippen LogP contribution is 2.36. The molecule has 2 N–H and O–H groups in total. The van der Waals surface area contributed by atoms with Crippen LogP contribution in [0.1, 0.15) is 11.1 Å². The highest BCUT2D eigenvalue weighted by Gasteiger charge is 2.34. The van der Waals surface area contributed by atoms with E-state index in [-0.39, 0.29) is 23.9 Å². The molecule has 0 bridgehead atoms. The predicted octanol–water partition coefficient (Wildman–Crippen LogP) is 6.00. The molecule has 0 spiro atoms. The third-order valence-corrected chi connectivity index (χ3v) is 3.69. The lowest BCUT2D eigenvalue weighted by Crippen LogP contribution is -2.20. The maximum atomic E-state index is 13.0. The third-order valence-electron chi connectivity index (χ3n) is 3.36. The van der Waals surface area contributed by atoms with Gasteiger partial charge in [-0.3, -0.25) is 0 Å². The fraction of sp³-hybridized carbons (Fsp3) is 0.235. The number of ether oxygens (including phenoxy) is 2. The Morgan fingerprint density at radius 3 is 2.21 bits per heavy atom. The Morgan fingerprint density at radius 2 is 1.62 bits per heavy atom. The standard InChI is InChI=1S/C17H13ClF6N2O3/c1-28-8-29-12-5-9(16(19,20)21)4-11(6-12)26-15(27)25-10-2-3-14(18)13(7-10)17(22,23)24/h2-7H,8H2,1H3,(H2,25,26,27). The number of carbonyl (C=O) groups is 1. The van der Waals surface area contributed by atoms with E-state index in [1.807, 2.05) is 0 Å². The number of anilines is 2. The number of alkyl halides is 6. The Balaban J connectivity index is 2.22. The summed E-state index contributed by atoms with van der Waals surface area (Å²) in [6.45, 7) is -0.335. The monoisotopic (exact) mass is 442 g/mol. The molecule has 0 aliphatic heterocycles. The van der Waals surface area contributed by atoms with Gasteiger partial charge in [-0.1, -0.05) is 11.6 Å². The molecule has 0 atom stereocenters. The molecule has 5 nitrogen and oxygen atoms in total. The maximum absolute atomic E-state index is 13.0. The van der Waals surface area contributed by atoms with Crippen LogP contribution >= 0.6 is 11.6 Å². The quantitative estimate of drug-likeness (QED) is 0.441. The van der Waals surface area contributed by atoms with Gasteiger partial charge in [-0.2, -0.15) is 26.3 Å². The van der Waals surface area contributed by atoms with Crippen LogP contribution in [0.3, 0.4) is 0 Å². The van der Waals surface area contributed by atoms with Crippen molar-refractivity contribution in [1.29, 1.82) is 0 Å². The summed E-state index contributed by atoms with van der Waals surface area (Å²) in [5, 5.41) is 3.63. The van der Waals surface area contributed by atoms with Crippen molar-refractivity contribution in [3.63, 3.8) is 0 Å². The maximum Gasteiger partial charge on any atom is 0.417 e. The molecule has 0 saturated heterocycles. The molecule has 2 amide bonds. The predicted molar refractivity (Wildman–Crippen MR) is 93.0 cm³/mol.